The minimum absolute atomic E-state index is 0.110. The molecule has 24 heavy (non-hydrogen) atoms. The lowest BCUT2D eigenvalue weighted by atomic mass is 9.97. The summed E-state index contributed by atoms with van der Waals surface area (Å²) >= 11 is 0. The number of hydrogen-bond acceptors (Lipinski definition) is 5. The topological polar surface area (TPSA) is 64.9 Å². The van der Waals surface area contributed by atoms with Crippen LogP contribution in [0.1, 0.15) is 24.5 Å². The van der Waals surface area contributed by atoms with E-state index in [0.29, 0.717) is 5.95 Å². The van der Waals surface area contributed by atoms with Gasteiger partial charge >= 0.3 is 0 Å². The molecule has 0 bridgehead atoms. The molecule has 0 radical (unpaired) electrons. The van der Waals surface area contributed by atoms with Gasteiger partial charge < -0.3 is 10.1 Å². The predicted molar refractivity (Wildman–Crippen MR) is 90.9 cm³/mol. The summed E-state index contributed by atoms with van der Waals surface area (Å²) < 4.78 is 7.66. The first-order valence-corrected chi connectivity index (χ1v) is 8.17. The first kappa shape index (κ1) is 14.8. The molecule has 6 heteroatoms. The molecule has 1 aliphatic heterocycles. The van der Waals surface area contributed by atoms with Gasteiger partial charge in [-0.25, -0.2) is 0 Å². The molecule has 3 aromatic rings. The van der Waals surface area contributed by atoms with Crippen LogP contribution in [0.25, 0.3) is 5.69 Å². The fourth-order valence-corrected chi connectivity index (χ4v) is 3.03. The van der Waals surface area contributed by atoms with Crippen molar-refractivity contribution in [2.45, 2.75) is 25.0 Å². The largest absolute Gasteiger partial charge is 0.373 e. The molecule has 122 valence electrons. The van der Waals surface area contributed by atoms with Crippen molar-refractivity contribution >= 4 is 5.95 Å². The van der Waals surface area contributed by atoms with Gasteiger partial charge in [0.05, 0.1) is 11.8 Å². The molecule has 1 saturated heterocycles. The van der Waals surface area contributed by atoms with Gasteiger partial charge in [-0.15, -0.1) is 0 Å². The molecule has 1 fully saturated rings. The highest BCUT2D eigenvalue weighted by molar-refractivity contribution is 5.39. The number of hydrogen-bond donors (Lipinski definition) is 1. The monoisotopic (exact) mass is 321 g/mol. The van der Waals surface area contributed by atoms with Crippen LogP contribution in [0, 0.1) is 0 Å². The molecule has 0 amide bonds. The van der Waals surface area contributed by atoms with E-state index in [9.17, 15) is 0 Å². The fourth-order valence-electron chi connectivity index (χ4n) is 3.03. The molecule has 0 spiro atoms. The smallest absolute Gasteiger partial charge is 0.247 e. The molecule has 1 N–H and O–H groups in total. The van der Waals surface area contributed by atoms with Crippen LogP contribution in [-0.2, 0) is 4.74 Å². The van der Waals surface area contributed by atoms with Crippen LogP contribution in [0.2, 0.25) is 0 Å². The Hall–Kier alpha value is -2.73. The lowest BCUT2D eigenvalue weighted by molar-refractivity contribution is 0.00966. The van der Waals surface area contributed by atoms with E-state index in [-0.39, 0.29) is 12.1 Å². The summed E-state index contributed by atoms with van der Waals surface area (Å²) in [7, 11) is 0. The highest BCUT2D eigenvalue weighted by atomic mass is 16.5. The third-order valence-electron chi connectivity index (χ3n) is 4.26. The summed E-state index contributed by atoms with van der Waals surface area (Å²) in [6.45, 7) is 0.726. The van der Waals surface area contributed by atoms with Crippen molar-refractivity contribution in [3.63, 3.8) is 0 Å². The Morgan fingerprint density at radius 2 is 1.75 bits per heavy atom. The number of nitrogens with one attached hydrogen (secondary N) is 1. The Balaban J connectivity index is 1.49. The van der Waals surface area contributed by atoms with Gasteiger partial charge in [0.2, 0.25) is 5.95 Å². The van der Waals surface area contributed by atoms with Crippen molar-refractivity contribution in [2.24, 2.45) is 0 Å². The zero-order chi connectivity index (χ0) is 16.2. The zero-order valence-corrected chi connectivity index (χ0v) is 13.2. The van der Waals surface area contributed by atoms with E-state index in [1.165, 1.54) is 5.56 Å². The number of benzene rings is 2. The Kier molecular flexibility index (Phi) is 4.20. The van der Waals surface area contributed by atoms with Gasteiger partial charge in [-0.3, -0.25) is 0 Å². The van der Waals surface area contributed by atoms with Crippen LogP contribution in [-0.4, -0.2) is 32.9 Å². The van der Waals surface area contributed by atoms with Gasteiger partial charge in [0.25, 0.3) is 0 Å². The van der Waals surface area contributed by atoms with Crippen LogP contribution in [0.4, 0.5) is 5.95 Å². The SMILES string of the molecule is c1ccc(C2CC(Nc3nnnn3-c3ccccc3)CCO2)cc1. The van der Waals surface area contributed by atoms with Crippen LogP contribution in [0.15, 0.2) is 60.7 Å². The average Bonchev–Trinajstić information content (AvgIpc) is 3.11. The normalized spacial score (nSPS) is 20.7. The molecule has 1 aromatic heterocycles. The van der Waals surface area contributed by atoms with Crippen molar-refractivity contribution in [1.29, 1.82) is 0 Å². The number of para-hydroxylation sites is 1. The van der Waals surface area contributed by atoms with Gasteiger partial charge in [0, 0.05) is 12.6 Å². The summed E-state index contributed by atoms with van der Waals surface area (Å²) in [5.41, 5.74) is 2.16. The van der Waals surface area contributed by atoms with E-state index in [1.807, 2.05) is 48.5 Å². The highest BCUT2D eigenvalue weighted by Gasteiger charge is 2.25. The van der Waals surface area contributed by atoms with E-state index < -0.39 is 0 Å². The van der Waals surface area contributed by atoms with Crippen molar-refractivity contribution < 1.29 is 4.74 Å². The molecule has 2 aromatic carbocycles. The molecule has 0 saturated carbocycles. The molecular formula is C18H19N5O. The van der Waals surface area contributed by atoms with Crippen molar-refractivity contribution in [1.82, 2.24) is 20.2 Å². The van der Waals surface area contributed by atoms with Gasteiger partial charge in [-0.1, -0.05) is 53.6 Å². The predicted octanol–water partition coefficient (Wildman–Crippen LogP) is 2.99. The van der Waals surface area contributed by atoms with Crippen LogP contribution in [0.3, 0.4) is 0 Å². The lowest BCUT2D eigenvalue weighted by Crippen LogP contribution is -2.31. The van der Waals surface area contributed by atoms with E-state index in [1.54, 1.807) is 4.68 Å². The number of nitrogens with zero attached hydrogens (tertiary/aromatic N) is 4. The molecule has 0 aliphatic carbocycles. The van der Waals surface area contributed by atoms with Crippen LogP contribution in [0.5, 0.6) is 0 Å². The number of tetrazole rings is 1. The summed E-state index contributed by atoms with van der Waals surface area (Å²) in [5, 5.41) is 15.5. The summed E-state index contributed by atoms with van der Waals surface area (Å²) in [6, 6.07) is 20.5. The Morgan fingerprint density at radius 3 is 2.54 bits per heavy atom. The maximum Gasteiger partial charge on any atom is 0.247 e. The van der Waals surface area contributed by atoms with E-state index in [0.717, 1.165) is 25.1 Å². The second kappa shape index (κ2) is 6.80. The first-order chi connectivity index (χ1) is 11.9. The Bertz CT molecular complexity index is 774. The third-order valence-corrected chi connectivity index (χ3v) is 4.26. The third kappa shape index (κ3) is 3.14. The molecule has 4 rings (SSSR count). The molecule has 6 nitrogen and oxygen atoms in total. The maximum atomic E-state index is 5.93. The minimum Gasteiger partial charge on any atom is -0.373 e. The number of rotatable bonds is 4. The number of aromatic nitrogens is 4. The number of ether oxygens (including phenoxy) is 1. The number of anilines is 1. The van der Waals surface area contributed by atoms with Crippen molar-refractivity contribution in [3.8, 4) is 5.69 Å². The Morgan fingerprint density at radius 1 is 1.00 bits per heavy atom. The van der Waals surface area contributed by atoms with E-state index >= 15 is 0 Å². The molecule has 2 unspecified atom stereocenters. The quantitative estimate of drug-likeness (QED) is 0.800. The fraction of sp³-hybridized carbons (Fsp3) is 0.278. The molecule has 1 aliphatic rings. The summed E-state index contributed by atoms with van der Waals surface area (Å²) in [6.07, 6.45) is 1.94. The van der Waals surface area contributed by atoms with Gasteiger partial charge in [0.15, 0.2) is 0 Å². The van der Waals surface area contributed by atoms with Crippen molar-refractivity contribution in [3.05, 3.63) is 66.2 Å². The molecule has 2 atom stereocenters. The second-order valence-electron chi connectivity index (χ2n) is 5.89. The minimum atomic E-state index is 0.110. The summed E-state index contributed by atoms with van der Waals surface area (Å²) in [5.74, 6) is 0.667. The van der Waals surface area contributed by atoms with Crippen LogP contribution >= 0.6 is 0 Å². The van der Waals surface area contributed by atoms with Crippen LogP contribution < -0.4 is 5.32 Å². The maximum absolute atomic E-state index is 5.93. The molecular weight excluding hydrogens is 302 g/mol. The average molecular weight is 321 g/mol. The first-order valence-electron chi connectivity index (χ1n) is 8.17. The lowest BCUT2D eigenvalue weighted by Gasteiger charge is -2.30. The standard InChI is InChI=1S/C18H19N5O/c1-3-7-14(8-4-1)17-13-15(11-12-24-17)19-18-20-21-22-23(18)16-9-5-2-6-10-16/h1-10,15,17H,11-13H2,(H,19,20,22). The summed E-state index contributed by atoms with van der Waals surface area (Å²) in [4.78, 5) is 0. The van der Waals surface area contributed by atoms with E-state index in [2.05, 4.69) is 33.0 Å². The zero-order valence-electron chi connectivity index (χ0n) is 13.2. The van der Waals surface area contributed by atoms with Gasteiger partial charge in [-0.2, -0.15) is 4.68 Å². The van der Waals surface area contributed by atoms with E-state index in [4.69, 9.17) is 4.74 Å². The highest BCUT2D eigenvalue weighted by Crippen LogP contribution is 2.29. The Labute approximate surface area is 140 Å². The second-order valence-corrected chi connectivity index (χ2v) is 5.89. The van der Waals surface area contributed by atoms with Gasteiger partial charge in [-0.05, 0) is 41.0 Å². The molecule has 2 heterocycles. The van der Waals surface area contributed by atoms with Gasteiger partial charge in [0.1, 0.15) is 0 Å². The van der Waals surface area contributed by atoms with Crippen molar-refractivity contribution in [2.75, 3.05) is 11.9 Å².